The number of ether oxygens (including phenoxy) is 1. The number of carbonyl (C=O) groups is 4. The summed E-state index contributed by atoms with van der Waals surface area (Å²) in [6.07, 6.45) is 8.58. The minimum absolute atomic E-state index is 0.142. The van der Waals surface area contributed by atoms with Crippen LogP contribution in [0.3, 0.4) is 0 Å². The van der Waals surface area contributed by atoms with Crippen LogP contribution in [0.15, 0.2) is 88.7 Å². The smallest absolute Gasteiger partial charge is 0.338 e. The second-order valence-corrected chi connectivity index (χ2v) is 14.4. The number of nitrogens with one attached hydrogen (secondary N) is 1. The molecule has 1 N–H and O–H groups in total. The van der Waals surface area contributed by atoms with Gasteiger partial charge < -0.3 is 19.9 Å². The molecular weight excluding hydrogens is 684 g/mol. The Balaban J connectivity index is 1.09. The lowest BCUT2D eigenvalue weighted by atomic mass is 9.81. The van der Waals surface area contributed by atoms with Gasteiger partial charge in [0.25, 0.3) is 11.8 Å². The van der Waals surface area contributed by atoms with Gasteiger partial charge in [0.1, 0.15) is 12.1 Å². The van der Waals surface area contributed by atoms with Crippen molar-refractivity contribution in [3.8, 4) is 11.1 Å². The number of halogens is 1. The third kappa shape index (κ3) is 7.11. The molecule has 2 heterocycles. The topological polar surface area (TPSA) is 109 Å². The number of rotatable bonds is 8. The van der Waals surface area contributed by atoms with Crippen LogP contribution in [0.25, 0.3) is 11.1 Å². The summed E-state index contributed by atoms with van der Waals surface area (Å²) < 4.78 is 6.46. The molecule has 2 unspecified atom stereocenters. The first-order valence-electron chi connectivity index (χ1n) is 16.7. The molecule has 0 radical (unpaired) electrons. The maximum absolute atomic E-state index is 13.9. The molecule has 1 saturated carbocycles. The van der Waals surface area contributed by atoms with Crippen molar-refractivity contribution in [2.45, 2.75) is 59.2 Å². The van der Waals surface area contributed by atoms with Crippen LogP contribution in [0, 0.1) is 17.8 Å². The molecule has 49 heavy (non-hydrogen) atoms. The van der Waals surface area contributed by atoms with Gasteiger partial charge in [0.15, 0.2) is 0 Å². The lowest BCUT2D eigenvalue weighted by molar-refractivity contribution is -0.150. The Bertz CT molecular complexity index is 1870. The summed E-state index contributed by atoms with van der Waals surface area (Å²) in [4.78, 5) is 60.7. The molecule has 3 aromatic rings. The normalized spacial score (nSPS) is 23.5. The molecule has 0 bridgehead atoms. The largest absolute Gasteiger partial charge is 0.459 e. The van der Waals surface area contributed by atoms with Crippen molar-refractivity contribution in [2.24, 2.45) is 17.8 Å². The fourth-order valence-electron chi connectivity index (χ4n) is 6.76. The molecule has 3 atom stereocenters. The van der Waals surface area contributed by atoms with Crippen LogP contribution in [0.1, 0.15) is 66.8 Å². The zero-order valence-corrected chi connectivity index (χ0v) is 30.0. The van der Waals surface area contributed by atoms with E-state index in [1.807, 2.05) is 43.3 Å². The van der Waals surface area contributed by atoms with Crippen molar-refractivity contribution in [1.82, 2.24) is 15.2 Å². The number of carbonyl (C=O) groups excluding carboxylic acids is 4. The highest BCUT2D eigenvalue weighted by Gasteiger charge is 2.37. The first-order chi connectivity index (χ1) is 23.4. The average molecular weight is 726 g/mol. The summed E-state index contributed by atoms with van der Waals surface area (Å²) in [7, 11) is 1.69. The summed E-state index contributed by atoms with van der Waals surface area (Å²) in [6.45, 7) is 8.60. The van der Waals surface area contributed by atoms with Crippen molar-refractivity contribution in [3.63, 3.8) is 0 Å². The van der Waals surface area contributed by atoms with Gasteiger partial charge >= 0.3 is 5.97 Å². The molecule has 10 heteroatoms. The Morgan fingerprint density at radius 1 is 1.00 bits per heavy atom. The molecule has 2 aliphatic carbocycles. The van der Waals surface area contributed by atoms with E-state index in [1.165, 1.54) is 0 Å². The van der Waals surface area contributed by atoms with E-state index in [0.717, 1.165) is 16.7 Å². The van der Waals surface area contributed by atoms with Crippen LogP contribution < -0.4 is 10.2 Å². The Labute approximate surface area is 295 Å². The fourth-order valence-corrected chi connectivity index (χ4v) is 7.30. The molecule has 1 aliphatic heterocycles. The lowest BCUT2D eigenvalue weighted by Gasteiger charge is -2.35. The molecule has 2 aromatic carbocycles. The molecule has 3 amide bonds. The van der Waals surface area contributed by atoms with E-state index in [9.17, 15) is 19.2 Å². The van der Waals surface area contributed by atoms with Crippen LogP contribution in [-0.2, 0) is 20.9 Å². The number of hydrogen-bond donors (Lipinski definition) is 1. The SMILES string of the molecule is CC1=C(C(=O)OC2CC(CNC(=O)c3cc(Br)cc(CN4C(=O)c5ccc(-c6ccncc6)cc5N(C)C(=O)[C@H]4C)c3)C2)C=CC(C)C1C. The molecule has 0 spiro atoms. The number of amides is 3. The van der Waals surface area contributed by atoms with Gasteiger partial charge in [0.2, 0.25) is 5.91 Å². The van der Waals surface area contributed by atoms with E-state index in [4.69, 9.17) is 4.74 Å². The monoisotopic (exact) mass is 724 g/mol. The van der Waals surface area contributed by atoms with Gasteiger partial charge in [-0.2, -0.15) is 0 Å². The number of aromatic nitrogens is 1. The van der Waals surface area contributed by atoms with E-state index in [0.29, 0.717) is 63.6 Å². The van der Waals surface area contributed by atoms with Crippen LogP contribution in [0.2, 0.25) is 0 Å². The quantitative estimate of drug-likeness (QED) is 0.258. The number of pyridine rings is 1. The van der Waals surface area contributed by atoms with Crippen LogP contribution in [0.4, 0.5) is 5.69 Å². The first-order valence-corrected chi connectivity index (χ1v) is 17.5. The summed E-state index contributed by atoms with van der Waals surface area (Å²) in [6, 6.07) is 13.9. The Hall–Kier alpha value is -4.57. The number of esters is 1. The second kappa shape index (κ2) is 14.1. The van der Waals surface area contributed by atoms with E-state index < -0.39 is 6.04 Å². The molecule has 1 fully saturated rings. The van der Waals surface area contributed by atoms with Crippen molar-refractivity contribution >= 4 is 45.3 Å². The third-order valence-corrected chi connectivity index (χ3v) is 10.8. The number of hydrogen-bond acceptors (Lipinski definition) is 6. The summed E-state index contributed by atoms with van der Waals surface area (Å²) in [5.41, 5.74) is 5.67. The molecular formula is C39H41BrN4O5. The van der Waals surface area contributed by atoms with Crippen molar-refractivity contribution < 1.29 is 23.9 Å². The number of anilines is 1. The Morgan fingerprint density at radius 2 is 1.73 bits per heavy atom. The van der Waals surface area contributed by atoms with Crippen molar-refractivity contribution in [3.05, 3.63) is 105 Å². The zero-order valence-electron chi connectivity index (χ0n) is 28.4. The molecule has 9 nitrogen and oxygen atoms in total. The predicted molar refractivity (Wildman–Crippen MR) is 192 cm³/mol. The van der Waals surface area contributed by atoms with E-state index in [1.54, 1.807) is 54.4 Å². The number of fused-ring (bicyclic) bond motifs is 1. The van der Waals surface area contributed by atoms with E-state index in [-0.39, 0.29) is 42.3 Å². The van der Waals surface area contributed by atoms with Crippen LogP contribution in [0.5, 0.6) is 0 Å². The summed E-state index contributed by atoms with van der Waals surface area (Å²) >= 11 is 3.53. The predicted octanol–water partition coefficient (Wildman–Crippen LogP) is 6.73. The second-order valence-electron chi connectivity index (χ2n) is 13.5. The zero-order chi connectivity index (χ0) is 35.0. The standard InChI is InChI=1S/C39H41BrN4O5/c1-22-6-8-33(24(3)23(22)2)39(48)49-32-16-26(17-32)20-42-36(45)30-14-27(15-31(40)18-30)21-44-25(4)37(46)43(5)35-19-29(7-9-34(35)38(44)47)28-10-12-41-13-11-28/h6-15,18-19,22-23,25-26,32H,16-17,20-21H2,1-5H3,(H,42,45)/t22?,23?,25-,26?,32?/m1/s1. The van der Waals surface area contributed by atoms with E-state index in [2.05, 4.69) is 46.2 Å². The number of benzene rings is 2. The molecule has 0 saturated heterocycles. The molecule has 254 valence electrons. The third-order valence-electron chi connectivity index (χ3n) is 10.3. The Kier molecular flexibility index (Phi) is 9.88. The van der Waals surface area contributed by atoms with Crippen LogP contribution >= 0.6 is 15.9 Å². The highest BCUT2D eigenvalue weighted by Crippen LogP contribution is 2.35. The maximum atomic E-state index is 13.9. The van der Waals surface area contributed by atoms with Crippen molar-refractivity contribution in [2.75, 3.05) is 18.5 Å². The fraction of sp³-hybridized carbons (Fsp3) is 0.359. The number of likely N-dealkylation sites (N-methyl/N-ethyl adjacent to an activating group) is 1. The minimum atomic E-state index is -0.729. The van der Waals surface area contributed by atoms with Crippen LogP contribution in [-0.4, -0.2) is 59.3 Å². The highest BCUT2D eigenvalue weighted by molar-refractivity contribution is 9.10. The van der Waals surface area contributed by atoms with E-state index >= 15 is 0 Å². The number of nitrogens with zero attached hydrogens (tertiary/aromatic N) is 3. The van der Waals surface area contributed by atoms with Gasteiger partial charge in [0.05, 0.1) is 16.8 Å². The van der Waals surface area contributed by atoms with Gasteiger partial charge in [-0.05, 0) is 104 Å². The summed E-state index contributed by atoms with van der Waals surface area (Å²) in [5, 5.41) is 3.02. The molecule has 1 aromatic heterocycles. The molecule has 6 rings (SSSR count). The average Bonchev–Trinajstić information content (AvgIpc) is 3.14. The van der Waals surface area contributed by atoms with Gasteiger partial charge in [-0.1, -0.05) is 53.6 Å². The number of allylic oxidation sites excluding steroid dienone is 2. The van der Waals surface area contributed by atoms with Gasteiger partial charge in [-0.25, -0.2) is 4.79 Å². The summed E-state index contributed by atoms with van der Waals surface area (Å²) in [5.74, 6) is -0.0696. The van der Waals surface area contributed by atoms with Crippen molar-refractivity contribution in [1.29, 1.82) is 0 Å². The minimum Gasteiger partial charge on any atom is -0.459 e. The highest BCUT2D eigenvalue weighted by atomic mass is 79.9. The van der Waals surface area contributed by atoms with Gasteiger partial charge in [-0.15, -0.1) is 0 Å². The van der Waals surface area contributed by atoms with Gasteiger partial charge in [0, 0.05) is 42.6 Å². The van der Waals surface area contributed by atoms with Gasteiger partial charge in [-0.3, -0.25) is 19.4 Å². The lowest BCUT2D eigenvalue weighted by Crippen LogP contribution is -2.45. The molecule has 3 aliphatic rings. The first kappa shape index (κ1) is 34.3. The maximum Gasteiger partial charge on any atom is 0.338 e. The Morgan fingerprint density at radius 3 is 2.47 bits per heavy atom.